The summed E-state index contributed by atoms with van der Waals surface area (Å²) < 4.78 is 0. The predicted molar refractivity (Wildman–Crippen MR) is 90.1 cm³/mol. The molecule has 0 N–H and O–H groups in total. The molecule has 22 heavy (non-hydrogen) atoms. The van der Waals surface area contributed by atoms with E-state index in [2.05, 4.69) is 41.1 Å². The Morgan fingerprint density at radius 2 is 2.14 bits per heavy atom. The zero-order valence-corrected chi connectivity index (χ0v) is 13.8. The summed E-state index contributed by atoms with van der Waals surface area (Å²) in [5.74, 6) is 0.291. The molecule has 2 aromatic rings. The van der Waals surface area contributed by atoms with Crippen LogP contribution in [0.2, 0.25) is 0 Å². The van der Waals surface area contributed by atoms with Crippen LogP contribution >= 0.6 is 11.3 Å². The van der Waals surface area contributed by atoms with Gasteiger partial charge in [-0.2, -0.15) is 0 Å². The van der Waals surface area contributed by atoms with Crippen molar-refractivity contribution in [1.82, 2.24) is 9.88 Å². The molecule has 0 spiro atoms. The minimum Gasteiger partial charge on any atom is -0.339 e. The van der Waals surface area contributed by atoms with Crippen molar-refractivity contribution in [2.75, 3.05) is 6.54 Å². The third kappa shape index (κ3) is 3.74. The number of hydrogen-bond donors (Lipinski definition) is 0. The molecular weight excluding hydrogens is 292 g/mol. The molecule has 1 aliphatic heterocycles. The molecule has 1 aliphatic rings. The van der Waals surface area contributed by atoms with Crippen LogP contribution in [0.1, 0.15) is 34.6 Å². The molecule has 1 amide bonds. The third-order valence-corrected chi connectivity index (χ3v) is 5.34. The van der Waals surface area contributed by atoms with Gasteiger partial charge in [0.15, 0.2) is 0 Å². The fourth-order valence-electron chi connectivity index (χ4n) is 3.18. The highest BCUT2D eigenvalue weighted by molar-refractivity contribution is 7.12. The fraction of sp³-hybridized carbons (Fsp3) is 0.444. The van der Waals surface area contributed by atoms with E-state index in [-0.39, 0.29) is 0 Å². The summed E-state index contributed by atoms with van der Waals surface area (Å²) >= 11 is 1.73. The number of carbonyl (C=O) groups is 1. The van der Waals surface area contributed by atoms with Gasteiger partial charge in [-0.15, -0.1) is 11.3 Å². The highest BCUT2D eigenvalue weighted by Gasteiger charge is 2.28. The van der Waals surface area contributed by atoms with Crippen LogP contribution in [0.25, 0.3) is 0 Å². The van der Waals surface area contributed by atoms with Gasteiger partial charge in [0.25, 0.3) is 0 Å². The minimum atomic E-state index is 0.291. The van der Waals surface area contributed by atoms with Crippen LogP contribution in [0, 0.1) is 6.92 Å². The maximum atomic E-state index is 12.6. The summed E-state index contributed by atoms with van der Waals surface area (Å²) in [6.45, 7) is 3.01. The number of likely N-dealkylation sites (tertiary alicyclic amines) is 1. The molecule has 2 aromatic heterocycles. The Labute approximate surface area is 136 Å². The number of nitrogens with zero attached hydrogens (tertiary/aromatic N) is 2. The Bertz CT molecular complexity index is 623. The molecule has 0 radical (unpaired) electrons. The summed E-state index contributed by atoms with van der Waals surface area (Å²) in [5, 5.41) is 0. The van der Waals surface area contributed by atoms with E-state index in [1.807, 2.05) is 12.4 Å². The van der Waals surface area contributed by atoms with E-state index in [1.54, 1.807) is 11.3 Å². The number of aryl methyl sites for hydroxylation is 2. The zero-order valence-electron chi connectivity index (χ0n) is 13.0. The minimum absolute atomic E-state index is 0.291. The monoisotopic (exact) mass is 314 g/mol. The van der Waals surface area contributed by atoms with Crippen LogP contribution in [0.3, 0.4) is 0 Å². The average molecular weight is 314 g/mol. The maximum absolute atomic E-state index is 12.6. The molecule has 116 valence electrons. The van der Waals surface area contributed by atoms with E-state index < -0.39 is 0 Å². The quantitative estimate of drug-likeness (QED) is 0.844. The predicted octanol–water partition coefficient (Wildman–Crippen LogP) is 3.62. The Morgan fingerprint density at radius 1 is 1.32 bits per heavy atom. The summed E-state index contributed by atoms with van der Waals surface area (Å²) in [7, 11) is 0. The van der Waals surface area contributed by atoms with E-state index in [9.17, 15) is 4.79 Å². The Morgan fingerprint density at radius 3 is 2.86 bits per heavy atom. The standard InChI is InChI=1S/C18H22N2OS/c1-14-4-7-17(22-14)13-18(21)20-12-2-3-16(20)6-5-15-8-10-19-11-9-15/h4,7-11,16H,2-3,5-6,12-13H2,1H3/t16-/m1/s1. The maximum Gasteiger partial charge on any atom is 0.228 e. The molecule has 3 nitrogen and oxygen atoms in total. The Hall–Kier alpha value is -1.68. The molecule has 1 saturated heterocycles. The van der Waals surface area contributed by atoms with Gasteiger partial charge in [0.05, 0.1) is 6.42 Å². The largest absolute Gasteiger partial charge is 0.339 e. The second-order valence-electron chi connectivity index (χ2n) is 5.97. The van der Waals surface area contributed by atoms with Crippen molar-refractivity contribution in [2.45, 2.75) is 45.1 Å². The van der Waals surface area contributed by atoms with Crippen LogP contribution in [-0.4, -0.2) is 28.4 Å². The number of carbonyl (C=O) groups excluding carboxylic acids is 1. The average Bonchev–Trinajstić information content (AvgIpc) is 3.15. The molecule has 0 unspecified atom stereocenters. The molecule has 0 aliphatic carbocycles. The van der Waals surface area contributed by atoms with E-state index in [0.717, 1.165) is 32.2 Å². The molecule has 1 fully saturated rings. The summed E-state index contributed by atoms with van der Waals surface area (Å²) in [6.07, 6.45) is 8.59. The van der Waals surface area contributed by atoms with Crippen LogP contribution < -0.4 is 0 Å². The molecule has 1 atom stereocenters. The lowest BCUT2D eigenvalue weighted by molar-refractivity contribution is -0.131. The summed E-state index contributed by atoms with van der Waals surface area (Å²) in [6, 6.07) is 8.71. The number of rotatable bonds is 5. The molecule has 3 heterocycles. The van der Waals surface area contributed by atoms with Crippen LogP contribution in [0.15, 0.2) is 36.7 Å². The van der Waals surface area contributed by atoms with E-state index in [4.69, 9.17) is 0 Å². The van der Waals surface area contributed by atoms with Gasteiger partial charge in [-0.25, -0.2) is 0 Å². The van der Waals surface area contributed by atoms with Crippen molar-refractivity contribution in [1.29, 1.82) is 0 Å². The van der Waals surface area contributed by atoms with Crippen LogP contribution in [-0.2, 0) is 17.6 Å². The van der Waals surface area contributed by atoms with Crippen molar-refractivity contribution >= 4 is 17.2 Å². The van der Waals surface area contributed by atoms with Gasteiger partial charge in [0.1, 0.15) is 0 Å². The highest BCUT2D eigenvalue weighted by Crippen LogP contribution is 2.24. The number of amides is 1. The number of pyridine rings is 1. The van der Waals surface area contributed by atoms with Gasteiger partial charge < -0.3 is 4.90 Å². The van der Waals surface area contributed by atoms with Gasteiger partial charge in [-0.3, -0.25) is 9.78 Å². The SMILES string of the molecule is Cc1ccc(CC(=O)N2CCC[C@@H]2CCc2ccncc2)s1. The zero-order chi connectivity index (χ0) is 15.4. The highest BCUT2D eigenvalue weighted by atomic mass is 32.1. The lowest BCUT2D eigenvalue weighted by Gasteiger charge is -2.24. The molecule has 0 bridgehead atoms. The number of thiophene rings is 1. The smallest absolute Gasteiger partial charge is 0.228 e. The Kier molecular flexibility index (Phi) is 4.88. The third-order valence-electron chi connectivity index (χ3n) is 4.33. The van der Waals surface area contributed by atoms with Crippen LogP contribution in [0.5, 0.6) is 0 Å². The molecule has 0 saturated carbocycles. The first-order valence-corrected chi connectivity index (χ1v) is 8.78. The lowest BCUT2D eigenvalue weighted by Crippen LogP contribution is -2.36. The topological polar surface area (TPSA) is 33.2 Å². The van der Waals surface area contributed by atoms with Crippen molar-refractivity contribution in [3.8, 4) is 0 Å². The van der Waals surface area contributed by atoms with Crippen molar-refractivity contribution in [3.63, 3.8) is 0 Å². The Balaban J connectivity index is 1.56. The number of aromatic nitrogens is 1. The molecule has 0 aromatic carbocycles. The second kappa shape index (κ2) is 7.05. The van der Waals surface area contributed by atoms with Gasteiger partial charge in [-0.1, -0.05) is 0 Å². The fourth-order valence-corrected chi connectivity index (χ4v) is 4.06. The lowest BCUT2D eigenvalue weighted by atomic mass is 10.0. The molecule has 3 rings (SSSR count). The summed E-state index contributed by atoms with van der Waals surface area (Å²) in [5.41, 5.74) is 1.31. The second-order valence-corrected chi connectivity index (χ2v) is 7.34. The summed E-state index contributed by atoms with van der Waals surface area (Å²) in [4.78, 5) is 21.2. The van der Waals surface area contributed by atoms with Crippen molar-refractivity contribution in [2.24, 2.45) is 0 Å². The van der Waals surface area contributed by atoms with E-state index in [1.165, 1.54) is 15.3 Å². The normalized spacial score (nSPS) is 17.9. The van der Waals surface area contributed by atoms with Gasteiger partial charge in [-0.05, 0) is 62.4 Å². The molecule has 4 heteroatoms. The van der Waals surface area contributed by atoms with Gasteiger partial charge in [0.2, 0.25) is 5.91 Å². The van der Waals surface area contributed by atoms with Gasteiger partial charge >= 0.3 is 0 Å². The van der Waals surface area contributed by atoms with Crippen molar-refractivity contribution < 1.29 is 4.79 Å². The molecular formula is C18H22N2OS. The van der Waals surface area contributed by atoms with Crippen molar-refractivity contribution in [3.05, 3.63) is 52.0 Å². The van der Waals surface area contributed by atoms with Gasteiger partial charge in [0, 0.05) is 34.7 Å². The first-order valence-electron chi connectivity index (χ1n) is 7.96. The first kappa shape index (κ1) is 15.2. The first-order chi connectivity index (χ1) is 10.7. The van der Waals surface area contributed by atoms with E-state index >= 15 is 0 Å². The van der Waals surface area contributed by atoms with Crippen LogP contribution in [0.4, 0.5) is 0 Å². The number of hydrogen-bond acceptors (Lipinski definition) is 3. The van der Waals surface area contributed by atoms with E-state index in [0.29, 0.717) is 18.4 Å².